The average Bonchev–Trinajstić information content (AvgIpc) is 2.71. The first-order valence-electron chi connectivity index (χ1n) is 12.7. The van der Waals surface area contributed by atoms with Gasteiger partial charge in [0.2, 0.25) is 0 Å². The van der Waals surface area contributed by atoms with E-state index < -0.39 is 22.7 Å². The summed E-state index contributed by atoms with van der Waals surface area (Å²) in [4.78, 5) is 41.7. The Hall–Kier alpha value is -2.23. The highest BCUT2D eigenvalue weighted by Gasteiger charge is 2.71. The normalized spacial score (nSPS) is 28.6. The summed E-state index contributed by atoms with van der Waals surface area (Å²) in [6.07, 6.45) is 8.80. The second-order valence-electron chi connectivity index (χ2n) is 11.6. The quantitative estimate of drug-likeness (QED) is 0.285. The maximum atomic E-state index is 14.1. The van der Waals surface area contributed by atoms with E-state index >= 15 is 0 Å². The van der Waals surface area contributed by atoms with E-state index in [0.717, 1.165) is 11.1 Å². The molecule has 0 radical (unpaired) electrons. The Morgan fingerprint density at radius 3 is 2.06 bits per heavy atom. The van der Waals surface area contributed by atoms with Crippen molar-refractivity contribution in [1.29, 1.82) is 0 Å². The molecule has 0 amide bonds. The Morgan fingerprint density at radius 1 is 1.00 bits per heavy atom. The van der Waals surface area contributed by atoms with Gasteiger partial charge >= 0.3 is 0 Å². The molecule has 4 nitrogen and oxygen atoms in total. The number of carbonyl (C=O) groups excluding carboxylic acids is 3. The standard InChI is InChI=1S/C30H44O4/c1-18(2)11-10-16-29(9)22(14-12-19(3)4)17-24-25(31)23(15-13-20(5)6)27(33)30(29,28(24)34)26(32)21(7)8/h11-13,21-22,24,33H,10,14-17H2,1-9H3. The molecule has 2 aliphatic carbocycles. The van der Waals surface area contributed by atoms with Crippen LogP contribution in [0.3, 0.4) is 0 Å². The fourth-order valence-electron chi connectivity index (χ4n) is 5.91. The molecule has 0 heterocycles. The molecule has 0 aliphatic heterocycles. The van der Waals surface area contributed by atoms with E-state index in [1.165, 1.54) is 5.57 Å². The summed E-state index contributed by atoms with van der Waals surface area (Å²) >= 11 is 0. The number of aliphatic hydroxyl groups is 1. The van der Waals surface area contributed by atoms with Crippen molar-refractivity contribution >= 4 is 17.3 Å². The molecule has 4 unspecified atom stereocenters. The van der Waals surface area contributed by atoms with Crippen LogP contribution in [-0.4, -0.2) is 22.5 Å². The van der Waals surface area contributed by atoms with Crippen LogP contribution >= 0.6 is 0 Å². The van der Waals surface area contributed by atoms with Crippen LogP contribution in [0.5, 0.6) is 0 Å². The Balaban J connectivity index is 2.90. The zero-order valence-corrected chi connectivity index (χ0v) is 22.7. The lowest BCUT2D eigenvalue weighted by molar-refractivity contribution is -0.169. The number of hydrogen-bond donors (Lipinski definition) is 1. The van der Waals surface area contributed by atoms with Gasteiger partial charge in [-0.2, -0.15) is 0 Å². The van der Waals surface area contributed by atoms with Crippen LogP contribution in [0.4, 0.5) is 0 Å². The van der Waals surface area contributed by atoms with E-state index in [2.05, 4.69) is 12.2 Å². The van der Waals surface area contributed by atoms with E-state index in [-0.39, 0.29) is 41.0 Å². The lowest BCUT2D eigenvalue weighted by Crippen LogP contribution is -2.66. The van der Waals surface area contributed by atoms with Crippen molar-refractivity contribution in [2.75, 3.05) is 0 Å². The van der Waals surface area contributed by atoms with Gasteiger partial charge in [0.25, 0.3) is 0 Å². The molecule has 0 aromatic rings. The fourth-order valence-corrected chi connectivity index (χ4v) is 5.91. The first-order valence-corrected chi connectivity index (χ1v) is 12.7. The third kappa shape index (κ3) is 4.78. The predicted molar refractivity (Wildman–Crippen MR) is 138 cm³/mol. The van der Waals surface area contributed by atoms with E-state index in [4.69, 9.17) is 0 Å². The fraction of sp³-hybridized carbons (Fsp3) is 0.633. The second kappa shape index (κ2) is 10.6. The summed E-state index contributed by atoms with van der Waals surface area (Å²) in [5.74, 6) is -2.63. The molecule has 34 heavy (non-hydrogen) atoms. The van der Waals surface area contributed by atoms with Crippen LogP contribution in [0.15, 0.2) is 46.3 Å². The van der Waals surface area contributed by atoms with Gasteiger partial charge in [0, 0.05) is 11.5 Å². The van der Waals surface area contributed by atoms with Crippen LogP contribution in [0, 0.1) is 28.6 Å². The lowest BCUT2D eigenvalue weighted by atomic mass is 9.42. The number of fused-ring (bicyclic) bond motifs is 2. The highest BCUT2D eigenvalue weighted by molar-refractivity contribution is 6.24. The minimum absolute atomic E-state index is 0.0746. The lowest BCUT2D eigenvalue weighted by Gasteiger charge is -2.58. The molecule has 0 spiro atoms. The van der Waals surface area contributed by atoms with Crippen molar-refractivity contribution < 1.29 is 19.5 Å². The van der Waals surface area contributed by atoms with Gasteiger partial charge in [-0.05, 0) is 85.0 Å². The number of Topliss-reactive ketones (excluding diaryl/α,β-unsaturated/α-hetero) is 3. The summed E-state index contributed by atoms with van der Waals surface area (Å²) in [7, 11) is 0. The zero-order valence-electron chi connectivity index (χ0n) is 22.7. The molecule has 2 rings (SSSR count). The van der Waals surface area contributed by atoms with Crippen molar-refractivity contribution in [2.24, 2.45) is 28.6 Å². The number of ketones is 3. The van der Waals surface area contributed by atoms with Crippen molar-refractivity contribution in [3.63, 3.8) is 0 Å². The van der Waals surface area contributed by atoms with Gasteiger partial charge in [-0.1, -0.05) is 55.7 Å². The molecule has 2 bridgehead atoms. The van der Waals surface area contributed by atoms with E-state index in [1.54, 1.807) is 13.8 Å². The Bertz CT molecular complexity index is 962. The Labute approximate surface area is 206 Å². The molecule has 2 aliphatic rings. The first kappa shape index (κ1) is 28.0. The van der Waals surface area contributed by atoms with Gasteiger partial charge in [0.1, 0.15) is 5.76 Å². The van der Waals surface area contributed by atoms with Crippen molar-refractivity contribution in [1.82, 2.24) is 0 Å². The summed E-state index contributed by atoms with van der Waals surface area (Å²) in [6, 6.07) is 0. The topological polar surface area (TPSA) is 71.4 Å². The molecule has 1 fully saturated rings. The van der Waals surface area contributed by atoms with Crippen molar-refractivity contribution in [3.05, 3.63) is 46.3 Å². The zero-order chi connectivity index (χ0) is 26.0. The number of aliphatic hydroxyl groups excluding tert-OH is 1. The minimum Gasteiger partial charge on any atom is -0.510 e. The highest BCUT2D eigenvalue weighted by atomic mass is 16.3. The first-order chi connectivity index (χ1) is 15.7. The van der Waals surface area contributed by atoms with Crippen LogP contribution in [0.2, 0.25) is 0 Å². The SMILES string of the molecule is CC(C)=CCCC1(C)C(CC=C(C)C)CC2C(=O)C(CC=C(C)C)=C(O)C1(C(=O)C(C)C)C2=O. The van der Waals surface area contributed by atoms with Crippen LogP contribution in [0.25, 0.3) is 0 Å². The average molecular weight is 469 g/mol. The molecule has 4 heteroatoms. The van der Waals surface area contributed by atoms with E-state index in [0.29, 0.717) is 25.7 Å². The van der Waals surface area contributed by atoms with Crippen LogP contribution < -0.4 is 0 Å². The van der Waals surface area contributed by atoms with Crippen LogP contribution in [-0.2, 0) is 14.4 Å². The smallest absolute Gasteiger partial charge is 0.173 e. The summed E-state index contributed by atoms with van der Waals surface area (Å²) in [5.41, 5.74) is 1.12. The van der Waals surface area contributed by atoms with Crippen molar-refractivity contribution in [3.8, 4) is 0 Å². The van der Waals surface area contributed by atoms with Gasteiger partial charge < -0.3 is 5.11 Å². The molecule has 0 saturated heterocycles. The summed E-state index contributed by atoms with van der Waals surface area (Å²) in [5, 5.41) is 11.8. The third-order valence-electron chi connectivity index (χ3n) is 7.85. The van der Waals surface area contributed by atoms with Gasteiger partial charge in [0.05, 0.1) is 5.92 Å². The van der Waals surface area contributed by atoms with E-state index in [1.807, 2.05) is 54.5 Å². The maximum absolute atomic E-state index is 14.1. The number of allylic oxidation sites excluding steroid dienone is 8. The van der Waals surface area contributed by atoms with Crippen LogP contribution in [0.1, 0.15) is 94.4 Å². The molecule has 0 aromatic carbocycles. The molecular formula is C30H44O4. The number of hydrogen-bond acceptors (Lipinski definition) is 4. The molecule has 1 saturated carbocycles. The number of carbonyl (C=O) groups is 3. The predicted octanol–water partition coefficient (Wildman–Crippen LogP) is 7.26. The molecule has 0 aromatic heterocycles. The molecular weight excluding hydrogens is 424 g/mol. The summed E-state index contributed by atoms with van der Waals surface area (Å²) < 4.78 is 0. The van der Waals surface area contributed by atoms with Gasteiger partial charge in [-0.25, -0.2) is 0 Å². The van der Waals surface area contributed by atoms with Crippen molar-refractivity contribution in [2.45, 2.75) is 94.4 Å². The molecule has 1 N–H and O–H groups in total. The Kier molecular flexibility index (Phi) is 8.72. The Morgan fingerprint density at radius 2 is 1.56 bits per heavy atom. The minimum atomic E-state index is -1.68. The monoisotopic (exact) mass is 468 g/mol. The number of rotatable bonds is 9. The molecule has 188 valence electrons. The van der Waals surface area contributed by atoms with Gasteiger partial charge in [-0.15, -0.1) is 0 Å². The second-order valence-corrected chi connectivity index (χ2v) is 11.6. The third-order valence-corrected chi connectivity index (χ3v) is 7.85. The van der Waals surface area contributed by atoms with Gasteiger partial charge in [0.15, 0.2) is 22.8 Å². The maximum Gasteiger partial charge on any atom is 0.173 e. The van der Waals surface area contributed by atoms with E-state index in [9.17, 15) is 19.5 Å². The highest BCUT2D eigenvalue weighted by Crippen LogP contribution is 2.64. The summed E-state index contributed by atoms with van der Waals surface area (Å²) in [6.45, 7) is 17.6. The molecule has 4 atom stereocenters. The van der Waals surface area contributed by atoms with Gasteiger partial charge in [-0.3, -0.25) is 14.4 Å². The largest absolute Gasteiger partial charge is 0.510 e.